The van der Waals surface area contributed by atoms with Crippen LogP contribution in [0, 0.1) is 6.92 Å². The van der Waals surface area contributed by atoms with Gasteiger partial charge in [0.1, 0.15) is 0 Å². The highest BCUT2D eigenvalue weighted by Gasteiger charge is 2.19. The first-order valence-corrected chi connectivity index (χ1v) is 9.78. The number of piperidine rings is 1. The number of anilines is 1. The van der Waals surface area contributed by atoms with Crippen LogP contribution in [0.15, 0.2) is 48.7 Å². The fraction of sp³-hybridized carbons (Fsp3) is 0.286. The molecule has 1 aliphatic rings. The monoisotopic (exact) mass is 431 g/mol. The summed E-state index contributed by atoms with van der Waals surface area (Å²) in [6, 6.07) is 13.9. The van der Waals surface area contributed by atoms with E-state index >= 15 is 0 Å². The summed E-state index contributed by atoms with van der Waals surface area (Å²) in [6.45, 7) is 3.89. The van der Waals surface area contributed by atoms with Gasteiger partial charge in [0.05, 0.1) is 12.2 Å². The van der Waals surface area contributed by atoms with Gasteiger partial charge in [0.2, 0.25) is 0 Å². The van der Waals surface area contributed by atoms with Gasteiger partial charge in [-0.2, -0.15) is 0 Å². The lowest BCUT2D eigenvalue weighted by Crippen LogP contribution is -2.29. The zero-order valence-electron chi connectivity index (χ0n) is 16.1. The van der Waals surface area contributed by atoms with E-state index in [0.717, 1.165) is 48.3 Å². The molecule has 0 atom stereocenters. The van der Waals surface area contributed by atoms with Crippen molar-refractivity contribution in [3.8, 4) is 11.1 Å². The van der Waals surface area contributed by atoms with Crippen molar-refractivity contribution >= 4 is 35.6 Å². The third-order valence-corrected chi connectivity index (χ3v) is 5.29. The van der Waals surface area contributed by atoms with Gasteiger partial charge in [0.15, 0.2) is 5.69 Å². The summed E-state index contributed by atoms with van der Waals surface area (Å²) in [7, 11) is 0. The van der Waals surface area contributed by atoms with Gasteiger partial charge in [-0.15, -0.1) is 17.5 Å². The summed E-state index contributed by atoms with van der Waals surface area (Å²) in [5, 5.41) is 15.2. The summed E-state index contributed by atoms with van der Waals surface area (Å²) >= 11 is 6.09. The van der Waals surface area contributed by atoms with Crippen molar-refractivity contribution in [3.05, 3.63) is 64.9 Å². The first-order chi connectivity index (χ1) is 13.6. The van der Waals surface area contributed by atoms with Gasteiger partial charge in [-0.1, -0.05) is 35.0 Å². The Morgan fingerprint density at radius 1 is 1.17 bits per heavy atom. The maximum absolute atomic E-state index is 12.6. The molecule has 1 fully saturated rings. The standard InChI is InChI=1S/C21H22ClN5O.ClH/c1-14-11-16(15-3-2-4-17(22)12-15)5-6-19(14)24-21(28)20-13-27(26-25-20)18-7-9-23-10-8-18;/h2-6,11-13,18,23H,7-10H2,1H3,(H,24,28);1H. The molecule has 2 aromatic carbocycles. The van der Waals surface area contributed by atoms with E-state index in [1.165, 1.54) is 0 Å². The smallest absolute Gasteiger partial charge is 0.277 e. The lowest BCUT2D eigenvalue weighted by Gasteiger charge is -2.22. The zero-order chi connectivity index (χ0) is 19.5. The van der Waals surface area contributed by atoms with Crippen LogP contribution in [-0.4, -0.2) is 34.0 Å². The number of aromatic nitrogens is 3. The molecule has 8 heteroatoms. The van der Waals surface area contributed by atoms with E-state index in [9.17, 15) is 4.79 Å². The average Bonchev–Trinajstić information content (AvgIpc) is 3.20. The van der Waals surface area contributed by atoms with Crippen molar-refractivity contribution in [2.24, 2.45) is 0 Å². The number of amides is 1. The second-order valence-electron chi connectivity index (χ2n) is 7.06. The van der Waals surface area contributed by atoms with E-state index in [-0.39, 0.29) is 18.3 Å². The molecule has 29 heavy (non-hydrogen) atoms. The molecular weight excluding hydrogens is 409 g/mol. The Morgan fingerprint density at radius 3 is 2.66 bits per heavy atom. The van der Waals surface area contributed by atoms with Crippen LogP contribution in [0.4, 0.5) is 5.69 Å². The molecule has 152 valence electrons. The molecule has 0 radical (unpaired) electrons. The minimum atomic E-state index is -0.251. The lowest BCUT2D eigenvalue weighted by molar-refractivity contribution is 0.102. The lowest BCUT2D eigenvalue weighted by atomic mass is 10.0. The minimum absolute atomic E-state index is 0. The van der Waals surface area contributed by atoms with Crippen LogP contribution >= 0.6 is 24.0 Å². The molecule has 1 amide bonds. The summed E-state index contributed by atoms with van der Waals surface area (Å²) in [5.74, 6) is -0.251. The molecule has 1 aromatic heterocycles. The zero-order valence-corrected chi connectivity index (χ0v) is 17.6. The van der Waals surface area contributed by atoms with Crippen LogP contribution < -0.4 is 10.6 Å². The molecule has 4 rings (SSSR count). The maximum Gasteiger partial charge on any atom is 0.277 e. The highest BCUT2D eigenvalue weighted by Crippen LogP contribution is 2.27. The van der Waals surface area contributed by atoms with Crippen molar-refractivity contribution in [1.82, 2.24) is 20.3 Å². The van der Waals surface area contributed by atoms with Gasteiger partial charge in [-0.05, 0) is 73.8 Å². The second-order valence-corrected chi connectivity index (χ2v) is 7.50. The van der Waals surface area contributed by atoms with Crippen LogP contribution in [0.5, 0.6) is 0 Å². The van der Waals surface area contributed by atoms with Gasteiger partial charge < -0.3 is 10.6 Å². The van der Waals surface area contributed by atoms with Gasteiger partial charge >= 0.3 is 0 Å². The Kier molecular flexibility index (Phi) is 6.90. The predicted octanol–water partition coefficient (Wildman–Crippen LogP) is 4.51. The third-order valence-electron chi connectivity index (χ3n) is 5.06. The number of hydrogen-bond donors (Lipinski definition) is 2. The van der Waals surface area contributed by atoms with E-state index in [4.69, 9.17) is 11.6 Å². The van der Waals surface area contributed by atoms with Crippen molar-refractivity contribution < 1.29 is 4.79 Å². The Bertz CT molecular complexity index is 998. The minimum Gasteiger partial charge on any atom is -0.320 e. The number of aryl methyl sites for hydroxylation is 1. The van der Waals surface area contributed by atoms with Gasteiger partial charge in [-0.25, -0.2) is 4.68 Å². The molecule has 0 bridgehead atoms. The molecule has 6 nitrogen and oxygen atoms in total. The summed E-state index contributed by atoms with van der Waals surface area (Å²) in [6.07, 6.45) is 3.73. The highest BCUT2D eigenvalue weighted by molar-refractivity contribution is 6.30. The Morgan fingerprint density at radius 2 is 1.93 bits per heavy atom. The molecular formula is C21H23Cl2N5O. The fourth-order valence-electron chi connectivity index (χ4n) is 3.47. The topological polar surface area (TPSA) is 71.8 Å². The number of carbonyl (C=O) groups excluding carboxylic acids is 1. The Balaban J connectivity index is 0.00000240. The van der Waals surface area contributed by atoms with E-state index < -0.39 is 0 Å². The Hall–Kier alpha value is -2.41. The van der Waals surface area contributed by atoms with Crippen molar-refractivity contribution in [2.75, 3.05) is 18.4 Å². The van der Waals surface area contributed by atoms with Crippen LogP contribution in [0.1, 0.15) is 34.9 Å². The van der Waals surface area contributed by atoms with Crippen molar-refractivity contribution in [1.29, 1.82) is 0 Å². The Labute approximate surface area is 181 Å². The van der Waals surface area contributed by atoms with Crippen LogP contribution in [0.2, 0.25) is 5.02 Å². The molecule has 0 aliphatic carbocycles. The molecule has 1 aliphatic heterocycles. The summed E-state index contributed by atoms with van der Waals surface area (Å²) in [4.78, 5) is 12.6. The number of hydrogen-bond acceptors (Lipinski definition) is 4. The quantitative estimate of drug-likeness (QED) is 0.637. The SMILES string of the molecule is Cc1cc(-c2cccc(Cl)c2)ccc1NC(=O)c1cn(C2CCNCC2)nn1.Cl. The normalized spacial score (nSPS) is 14.3. The largest absolute Gasteiger partial charge is 0.320 e. The number of halogens is 2. The third kappa shape index (κ3) is 4.96. The molecule has 2 N–H and O–H groups in total. The predicted molar refractivity (Wildman–Crippen MR) is 118 cm³/mol. The molecule has 3 aromatic rings. The number of rotatable bonds is 4. The molecule has 2 heterocycles. The first kappa shape index (κ1) is 21.3. The maximum atomic E-state index is 12.6. The summed E-state index contributed by atoms with van der Waals surface area (Å²) in [5.41, 5.74) is 4.15. The molecule has 1 saturated heterocycles. The van der Waals surface area contributed by atoms with Crippen molar-refractivity contribution in [2.45, 2.75) is 25.8 Å². The van der Waals surface area contributed by atoms with E-state index in [2.05, 4.69) is 20.9 Å². The first-order valence-electron chi connectivity index (χ1n) is 9.40. The van der Waals surface area contributed by atoms with Crippen molar-refractivity contribution in [3.63, 3.8) is 0 Å². The van der Waals surface area contributed by atoms with Crippen LogP contribution in [0.3, 0.4) is 0 Å². The second kappa shape index (κ2) is 9.39. The van der Waals surface area contributed by atoms with Gasteiger partial charge in [-0.3, -0.25) is 4.79 Å². The molecule has 0 unspecified atom stereocenters. The molecule has 0 saturated carbocycles. The fourth-order valence-corrected chi connectivity index (χ4v) is 3.66. The van der Waals surface area contributed by atoms with E-state index in [0.29, 0.717) is 16.8 Å². The van der Waals surface area contributed by atoms with Gasteiger partial charge in [0, 0.05) is 10.7 Å². The van der Waals surface area contributed by atoms with Crippen LogP contribution in [-0.2, 0) is 0 Å². The molecule has 0 spiro atoms. The van der Waals surface area contributed by atoms with E-state index in [1.54, 1.807) is 6.20 Å². The van der Waals surface area contributed by atoms with Crippen LogP contribution in [0.25, 0.3) is 11.1 Å². The number of nitrogens with zero attached hydrogens (tertiary/aromatic N) is 3. The highest BCUT2D eigenvalue weighted by atomic mass is 35.5. The summed E-state index contributed by atoms with van der Waals surface area (Å²) < 4.78 is 1.81. The van der Waals surface area contributed by atoms with Gasteiger partial charge in [0.25, 0.3) is 5.91 Å². The van der Waals surface area contributed by atoms with E-state index in [1.807, 2.05) is 54.1 Å². The number of carbonyl (C=O) groups is 1. The average molecular weight is 432 g/mol. The number of nitrogens with one attached hydrogen (secondary N) is 2. The number of benzene rings is 2.